The van der Waals surface area contributed by atoms with Gasteiger partial charge in [-0.3, -0.25) is 0 Å². The van der Waals surface area contributed by atoms with Crippen LogP contribution < -0.4 is 69.3 Å². The SMILES string of the molecule is O=C([O-])C[C@H](Cl)C(=O)[O-].[Na+].[Na+]. The molecular formula is C4H3ClNa2O4. The van der Waals surface area contributed by atoms with Crippen molar-refractivity contribution in [3.8, 4) is 0 Å². The third-order valence-corrected chi connectivity index (χ3v) is 0.934. The summed E-state index contributed by atoms with van der Waals surface area (Å²) in [6, 6.07) is 0. The Hall–Kier alpha value is 1.23. The van der Waals surface area contributed by atoms with Gasteiger partial charge in [-0.15, -0.1) is 11.6 Å². The Morgan fingerprint density at radius 3 is 1.73 bits per heavy atom. The Morgan fingerprint density at radius 2 is 1.64 bits per heavy atom. The van der Waals surface area contributed by atoms with Crippen LogP contribution in [-0.4, -0.2) is 17.3 Å². The van der Waals surface area contributed by atoms with Crippen LogP contribution in [0.4, 0.5) is 0 Å². The van der Waals surface area contributed by atoms with Gasteiger partial charge in [0.05, 0.1) is 11.3 Å². The fourth-order valence-corrected chi connectivity index (χ4v) is 0.356. The van der Waals surface area contributed by atoms with Gasteiger partial charge in [0.2, 0.25) is 0 Å². The Bertz CT molecular complexity index is 140. The average Bonchev–Trinajstić information content (AvgIpc) is 1.63. The van der Waals surface area contributed by atoms with E-state index in [9.17, 15) is 19.8 Å². The topological polar surface area (TPSA) is 80.3 Å². The number of aliphatic carboxylic acids is 2. The molecule has 0 fully saturated rings. The molecule has 0 aliphatic rings. The Labute approximate surface area is 113 Å². The van der Waals surface area contributed by atoms with E-state index in [2.05, 4.69) is 0 Å². The molecule has 0 heterocycles. The van der Waals surface area contributed by atoms with E-state index in [0.29, 0.717) is 0 Å². The van der Waals surface area contributed by atoms with Crippen LogP contribution in [0, 0.1) is 0 Å². The number of halogens is 1. The monoisotopic (exact) mass is 196 g/mol. The molecule has 0 saturated heterocycles. The first-order chi connectivity index (χ1) is 4.04. The van der Waals surface area contributed by atoms with E-state index in [0.717, 1.165) is 0 Å². The zero-order chi connectivity index (χ0) is 7.44. The second-order valence-electron chi connectivity index (χ2n) is 1.36. The van der Waals surface area contributed by atoms with Crippen LogP contribution in [0.5, 0.6) is 0 Å². The van der Waals surface area contributed by atoms with Crippen molar-refractivity contribution in [2.45, 2.75) is 11.8 Å². The molecule has 0 aromatic rings. The van der Waals surface area contributed by atoms with Crippen molar-refractivity contribution in [3.63, 3.8) is 0 Å². The molecule has 11 heavy (non-hydrogen) atoms. The van der Waals surface area contributed by atoms with Gasteiger partial charge in [-0.1, -0.05) is 0 Å². The maximum absolute atomic E-state index is 9.70. The largest absolute Gasteiger partial charge is 1.00 e. The summed E-state index contributed by atoms with van der Waals surface area (Å²) in [5.74, 6) is -3.10. The van der Waals surface area contributed by atoms with Crippen LogP contribution in [0.15, 0.2) is 0 Å². The standard InChI is InChI=1S/C4H5ClO4.2Na/c5-2(4(8)9)1-3(6)7;;/h2H,1H2,(H,6,7)(H,8,9);;/q;2*+1/p-2/t2-;;/m0../s1. The van der Waals surface area contributed by atoms with Gasteiger partial charge in [0.1, 0.15) is 0 Å². The second kappa shape index (κ2) is 9.32. The van der Waals surface area contributed by atoms with Crippen LogP contribution in [0.25, 0.3) is 0 Å². The van der Waals surface area contributed by atoms with E-state index in [1.54, 1.807) is 0 Å². The summed E-state index contributed by atoms with van der Waals surface area (Å²) < 4.78 is 0. The van der Waals surface area contributed by atoms with Crippen LogP contribution in [-0.2, 0) is 9.59 Å². The molecule has 0 saturated carbocycles. The number of hydrogen-bond acceptors (Lipinski definition) is 4. The molecule has 0 unspecified atom stereocenters. The number of carbonyl (C=O) groups is 2. The van der Waals surface area contributed by atoms with Gasteiger partial charge in [0.25, 0.3) is 0 Å². The van der Waals surface area contributed by atoms with Crippen molar-refractivity contribution in [2.75, 3.05) is 0 Å². The van der Waals surface area contributed by atoms with Gasteiger partial charge in [0, 0.05) is 12.4 Å². The Balaban J connectivity index is -0.000000320. The van der Waals surface area contributed by atoms with Crippen LogP contribution in [0.3, 0.4) is 0 Å². The molecule has 0 radical (unpaired) electrons. The van der Waals surface area contributed by atoms with Gasteiger partial charge in [-0.2, -0.15) is 0 Å². The van der Waals surface area contributed by atoms with E-state index >= 15 is 0 Å². The first kappa shape index (κ1) is 18.1. The number of carbonyl (C=O) groups excluding carboxylic acids is 2. The van der Waals surface area contributed by atoms with E-state index in [1.807, 2.05) is 0 Å². The maximum Gasteiger partial charge on any atom is 1.00 e. The Kier molecular flexibility index (Phi) is 15.3. The molecule has 0 amide bonds. The van der Waals surface area contributed by atoms with Gasteiger partial charge in [-0.25, -0.2) is 0 Å². The summed E-state index contributed by atoms with van der Waals surface area (Å²) in [5, 5.41) is 17.8. The average molecular weight is 196 g/mol. The zero-order valence-corrected chi connectivity index (χ0v) is 11.1. The number of hydrogen-bond donors (Lipinski definition) is 0. The van der Waals surface area contributed by atoms with Crippen molar-refractivity contribution in [1.82, 2.24) is 0 Å². The van der Waals surface area contributed by atoms with Gasteiger partial charge >= 0.3 is 59.1 Å². The molecule has 4 nitrogen and oxygen atoms in total. The van der Waals surface area contributed by atoms with Gasteiger partial charge in [0.15, 0.2) is 0 Å². The normalized spacial score (nSPS) is 10.3. The number of carboxylic acids is 2. The number of rotatable bonds is 3. The third-order valence-electron chi connectivity index (χ3n) is 0.602. The van der Waals surface area contributed by atoms with Crippen molar-refractivity contribution in [2.24, 2.45) is 0 Å². The predicted molar refractivity (Wildman–Crippen MR) is 24.3 cm³/mol. The summed E-state index contributed by atoms with van der Waals surface area (Å²) in [6.07, 6.45) is -0.718. The molecule has 0 bridgehead atoms. The molecule has 0 rings (SSSR count). The molecule has 0 aromatic carbocycles. The van der Waals surface area contributed by atoms with Crippen molar-refractivity contribution in [3.05, 3.63) is 0 Å². The molecule has 52 valence electrons. The number of alkyl halides is 1. The fraction of sp³-hybridized carbons (Fsp3) is 0.500. The van der Waals surface area contributed by atoms with E-state index in [1.165, 1.54) is 0 Å². The van der Waals surface area contributed by atoms with Crippen LogP contribution in [0.2, 0.25) is 0 Å². The van der Waals surface area contributed by atoms with Crippen molar-refractivity contribution >= 4 is 23.5 Å². The first-order valence-electron chi connectivity index (χ1n) is 2.09. The molecule has 0 aliphatic carbocycles. The minimum Gasteiger partial charge on any atom is -0.550 e. The zero-order valence-electron chi connectivity index (χ0n) is 6.30. The molecular weight excluding hydrogens is 193 g/mol. The molecule has 0 spiro atoms. The smallest absolute Gasteiger partial charge is 0.550 e. The summed E-state index contributed by atoms with van der Waals surface area (Å²) in [7, 11) is 0. The van der Waals surface area contributed by atoms with Gasteiger partial charge in [-0.05, 0) is 0 Å². The molecule has 0 aromatic heterocycles. The minimum atomic E-state index is -1.60. The van der Waals surface area contributed by atoms with Crippen molar-refractivity contribution in [1.29, 1.82) is 0 Å². The quantitative estimate of drug-likeness (QED) is 0.332. The third kappa shape index (κ3) is 11.2. The Morgan fingerprint density at radius 1 is 1.27 bits per heavy atom. The van der Waals surface area contributed by atoms with Crippen molar-refractivity contribution < 1.29 is 78.9 Å². The predicted octanol–water partition coefficient (Wildman–Crippen LogP) is -8.51. The summed E-state index contributed by atoms with van der Waals surface area (Å²) in [6.45, 7) is 0. The molecule has 1 atom stereocenters. The molecule has 0 aliphatic heterocycles. The molecule has 7 heteroatoms. The van der Waals surface area contributed by atoms with E-state index < -0.39 is 23.7 Å². The summed E-state index contributed by atoms with van der Waals surface area (Å²) in [4.78, 5) is 19.3. The van der Waals surface area contributed by atoms with Gasteiger partial charge < -0.3 is 19.8 Å². The van der Waals surface area contributed by atoms with Crippen LogP contribution >= 0.6 is 11.6 Å². The van der Waals surface area contributed by atoms with E-state index in [-0.39, 0.29) is 59.1 Å². The first-order valence-corrected chi connectivity index (χ1v) is 2.52. The minimum absolute atomic E-state index is 0. The summed E-state index contributed by atoms with van der Waals surface area (Å²) in [5.41, 5.74) is 0. The molecule has 0 N–H and O–H groups in total. The van der Waals surface area contributed by atoms with Crippen LogP contribution in [0.1, 0.15) is 6.42 Å². The maximum atomic E-state index is 9.70. The number of carboxylic acid groups (broad SMARTS) is 2. The fourth-order valence-electron chi connectivity index (χ4n) is 0.230. The van der Waals surface area contributed by atoms with E-state index in [4.69, 9.17) is 11.6 Å². The second-order valence-corrected chi connectivity index (χ2v) is 1.89. The summed E-state index contributed by atoms with van der Waals surface area (Å²) >= 11 is 4.93.